The molecule has 2 atom stereocenters. The molecule has 0 aromatic rings. The van der Waals surface area contributed by atoms with Crippen molar-refractivity contribution < 1.29 is 10.2 Å². The van der Waals surface area contributed by atoms with Crippen molar-refractivity contribution in [3.8, 4) is 0 Å². The van der Waals surface area contributed by atoms with Crippen molar-refractivity contribution in [2.45, 2.75) is 50.4 Å². The Kier molecular flexibility index (Phi) is 2.86. The third-order valence-corrected chi connectivity index (χ3v) is 3.41. The van der Waals surface area contributed by atoms with Gasteiger partial charge in [0.1, 0.15) is 0 Å². The molecule has 2 aliphatic rings. The summed E-state index contributed by atoms with van der Waals surface area (Å²) in [6.45, 7) is 1.92. The molecule has 1 saturated carbocycles. The fourth-order valence-corrected chi connectivity index (χ4v) is 2.56. The fourth-order valence-electron chi connectivity index (χ4n) is 2.56. The molecule has 2 N–H and O–H groups in total. The Morgan fingerprint density at radius 3 is 2.15 bits per heavy atom. The number of piperidine rings is 1. The average Bonchev–Trinajstić information content (AvgIpc) is 2.53. The second-order valence-electron chi connectivity index (χ2n) is 4.33. The average molecular weight is 185 g/mol. The molecule has 3 nitrogen and oxygen atoms in total. The van der Waals surface area contributed by atoms with Gasteiger partial charge in [-0.1, -0.05) is 0 Å². The number of hydrogen-bond donors (Lipinski definition) is 2. The van der Waals surface area contributed by atoms with Gasteiger partial charge in [0.15, 0.2) is 0 Å². The van der Waals surface area contributed by atoms with E-state index < -0.39 is 0 Å². The fraction of sp³-hybridized carbons (Fsp3) is 1.00. The van der Waals surface area contributed by atoms with Crippen molar-refractivity contribution in [3.63, 3.8) is 0 Å². The second-order valence-corrected chi connectivity index (χ2v) is 4.33. The van der Waals surface area contributed by atoms with E-state index in [0.717, 1.165) is 45.2 Å². The predicted octanol–water partition coefficient (Wildman–Crippen LogP) is 0.356. The van der Waals surface area contributed by atoms with Crippen LogP contribution in [0.1, 0.15) is 32.1 Å². The van der Waals surface area contributed by atoms with Crippen LogP contribution < -0.4 is 0 Å². The summed E-state index contributed by atoms with van der Waals surface area (Å²) in [6, 6.07) is 0.382. The molecule has 1 heterocycles. The Bertz CT molecular complexity index is 166. The van der Waals surface area contributed by atoms with Gasteiger partial charge in [-0.25, -0.2) is 0 Å². The molecule has 2 rings (SSSR count). The molecule has 0 aromatic heterocycles. The molecule has 0 spiro atoms. The van der Waals surface area contributed by atoms with E-state index in [-0.39, 0.29) is 12.2 Å². The quantitative estimate of drug-likeness (QED) is 0.620. The highest BCUT2D eigenvalue weighted by atomic mass is 16.3. The number of aliphatic hydroxyl groups is 2. The zero-order chi connectivity index (χ0) is 9.26. The number of nitrogens with zero attached hydrogens (tertiary/aromatic N) is 1. The smallest absolute Gasteiger partial charge is 0.0695 e. The highest BCUT2D eigenvalue weighted by molar-refractivity contribution is 4.87. The van der Waals surface area contributed by atoms with Crippen LogP contribution in [-0.4, -0.2) is 46.5 Å². The van der Waals surface area contributed by atoms with E-state index in [1.54, 1.807) is 0 Å². The molecule has 0 radical (unpaired) electrons. The molecule has 1 saturated heterocycles. The maximum Gasteiger partial charge on any atom is 0.0695 e. The first-order valence-corrected chi connectivity index (χ1v) is 5.37. The largest absolute Gasteiger partial charge is 0.393 e. The van der Waals surface area contributed by atoms with E-state index in [9.17, 15) is 10.2 Å². The molecule has 2 fully saturated rings. The first kappa shape index (κ1) is 9.44. The summed E-state index contributed by atoms with van der Waals surface area (Å²) in [5.41, 5.74) is 0. The Labute approximate surface area is 79.4 Å². The minimum atomic E-state index is -0.116. The van der Waals surface area contributed by atoms with Gasteiger partial charge in [-0.15, -0.1) is 0 Å². The van der Waals surface area contributed by atoms with Gasteiger partial charge in [0.25, 0.3) is 0 Å². The van der Waals surface area contributed by atoms with Crippen molar-refractivity contribution in [3.05, 3.63) is 0 Å². The van der Waals surface area contributed by atoms with Crippen molar-refractivity contribution in [1.82, 2.24) is 4.90 Å². The van der Waals surface area contributed by atoms with Crippen LogP contribution in [0.25, 0.3) is 0 Å². The van der Waals surface area contributed by atoms with E-state index in [1.807, 2.05) is 0 Å². The predicted molar refractivity (Wildman–Crippen MR) is 50.5 cm³/mol. The van der Waals surface area contributed by atoms with Gasteiger partial charge in [0.05, 0.1) is 12.2 Å². The van der Waals surface area contributed by atoms with Crippen LogP contribution in [0.3, 0.4) is 0 Å². The molecule has 76 valence electrons. The van der Waals surface area contributed by atoms with Crippen molar-refractivity contribution >= 4 is 0 Å². The minimum absolute atomic E-state index is 0.102. The molecule has 0 unspecified atom stereocenters. The lowest BCUT2D eigenvalue weighted by Gasteiger charge is -2.35. The topological polar surface area (TPSA) is 43.7 Å². The summed E-state index contributed by atoms with van der Waals surface area (Å²) < 4.78 is 0. The maximum absolute atomic E-state index is 9.70. The summed E-state index contributed by atoms with van der Waals surface area (Å²) in [5.74, 6) is 0. The van der Waals surface area contributed by atoms with E-state index in [0.29, 0.717) is 6.04 Å². The van der Waals surface area contributed by atoms with Gasteiger partial charge < -0.3 is 10.2 Å². The molecule has 0 amide bonds. The van der Waals surface area contributed by atoms with Gasteiger partial charge in [-0.3, -0.25) is 4.90 Å². The Balaban J connectivity index is 1.86. The lowest BCUT2D eigenvalue weighted by Crippen LogP contribution is -2.46. The normalized spacial score (nSPS) is 38.3. The van der Waals surface area contributed by atoms with Gasteiger partial charge in [0, 0.05) is 19.1 Å². The summed E-state index contributed by atoms with van der Waals surface area (Å²) in [5, 5.41) is 19.0. The standard InChI is InChI=1S/C10H19NO2/c12-8-4-6-11(7-5-8)9-2-1-3-10(9)13/h8-10,12-13H,1-7H2/t9-,10+/m0/s1. The molecular weight excluding hydrogens is 166 g/mol. The monoisotopic (exact) mass is 185 g/mol. The van der Waals surface area contributed by atoms with Crippen LogP contribution in [0, 0.1) is 0 Å². The van der Waals surface area contributed by atoms with Crippen molar-refractivity contribution in [1.29, 1.82) is 0 Å². The van der Waals surface area contributed by atoms with Crippen LogP contribution in [0.5, 0.6) is 0 Å². The molecule has 3 heteroatoms. The van der Waals surface area contributed by atoms with Crippen LogP contribution >= 0.6 is 0 Å². The SMILES string of the molecule is OC1CCN([C@H]2CCC[C@H]2O)CC1. The number of likely N-dealkylation sites (tertiary alicyclic amines) is 1. The van der Waals surface area contributed by atoms with Crippen LogP contribution in [0.4, 0.5) is 0 Å². The van der Waals surface area contributed by atoms with Crippen LogP contribution in [0.2, 0.25) is 0 Å². The maximum atomic E-state index is 9.70. The van der Waals surface area contributed by atoms with Gasteiger partial charge in [0.2, 0.25) is 0 Å². The Morgan fingerprint density at radius 1 is 0.923 bits per heavy atom. The van der Waals surface area contributed by atoms with E-state index >= 15 is 0 Å². The molecule has 0 aromatic carbocycles. The first-order valence-electron chi connectivity index (χ1n) is 5.37. The molecule has 1 aliphatic heterocycles. The molecule has 1 aliphatic carbocycles. The molecule has 0 bridgehead atoms. The minimum Gasteiger partial charge on any atom is -0.393 e. The van der Waals surface area contributed by atoms with Gasteiger partial charge in [-0.2, -0.15) is 0 Å². The van der Waals surface area contributed by atoms with Crippen LogP contribution in [-0.2, 0) is 0 Å². The molecular formula is C10H19NO2. The molecule has 13 heavy (non-hydrogen) atoms. The first-order chi connectivity index (χ1) is 6.27. The van der Waals surface area contributed by atoms with E-state index in [1.165, 1.54) is 0 Å². The summed E-state index contributed by atoms with van der Waals surface area (Å²) >= 11 is 0. The highest BCUT2D eigenvalue weighted by Gasteiger charge is 2.32. The lowest BCUT2D eigenvalue weighted by atomic mass is 10.0. The van der Waals surface area contributed by atoms with E-state index in [2.05, 4.69) is 4.90 Å². The zero-order valence-corrected chi connectivity index (χ0v) is 8.02. The summed E-state index contributed by atoms with van der Waals surface area (Å²) in [7, 11) is 0. The third-order valence-electron chi connectivity index (χ3n) is 3.41. The highest BCUT2D eigenvalue weighted by Crippen LogP contribution is 2.26. The van der Waals surface area contributed by atoms with Crippen molar-refractivity contribution in [2.75, 3.05) is 13.1 Å². The Hall–Kier alpha value is -0.120. The van der Waals surface area contributed by atoms with E-state index in [4.69, 9.17) is 0 Å². The number of hydrogen-bond acceptors (Lipinski definition) is 3. The summed E-state index contributed by atoms with van der Waals surface area (Å²) in [6.07, 6.45) is 4.79. The lowest BCUT2D eigenvalue weighted by molar-refractivity contribution is 0.0212. The number of aliphatic hydroxyl groups excluding tert-OH is 2. The van der Waals surface area contributed by atoms with Crippen molar-refractivity contribution in [2.24, 2.45) is 0 Å². The van der Waals surface area contributed by atoms with Gasteiger partial charge >= 0.3 is 0 Å². The van der Waals surface area contributed by atoms with Crippen LogP contribution in [0.15, 0.2) is 0 Å². The zero-order valence-electron chi connectivity index (χ0n) is 8.02. The summed E-state index contributed by atoms with van der Waals surface area (Å²) in [4.78, 5) is 2.35. The number of rotatable bonds is 1. The van der Waals surface area contributed by atoms with Gasteiger partial charge in [-0.05, 0) is 32.1 Å². The third kappa shape index (κ3) is 2.03. The second kappa shape index (κ2) is 3.95. The Morgan fingerprint density at radius 2 is 1.62 bits per heavy atom.